The molecule has 33 heavy (non-hydrogen) atoms. The first-order valence-corrected chi connectivity index (χ1v) is 11.0. The molecule has 2 aromatic carbocycles. The van der Waals surface area contributed by atoms with Gasteiger partial charge in [-0.05, 0) is 42.8 Å². The molecule has 1 N–H and O–H groups in total. The maximum atomic E-state index is 12.7. The lowest BCUT2D eigenvalue weighted by Gasteiger charge is -2.36. The minimum atomic E-state index is -0.405. The SMILES string of the molecule is Cc1cccc(NC(=O)c2ccc(=O)n(CCC(=O)N3CCN(c4ccccc4)CC3)n2)c1. The number of nitrogens with one attached hydrogen (secondary N) is 1. The van der Waals surface area contributed by atoms with Gasteiger partial charge in [-0.3, -0.25) is 14.4 Å². The second-order valence-electron chi connectivity index (χ2n) is 8.06. The molecule has 2 heterocycles. The van der Waals surface area contributed by atoms with Crippen LogP contribution in [0.5, 0.6) is 0 Å². The van der Waals surface area contributed by atoms with E-state index in [1.807, 2.05) is 48.2 Å². The van der Waals surface area contributed by atoms with Crippen LogP contribution in [-0.4, -0.2) is 52.7 Å². The van der Waals surface area contributed by atoms with Crippen molar-refractivity contribution in [2.45, 2.75) is 19.9 Å². The van der Waals surface area contributed by atoms with Crippen molar-refractivity contribution in [3.63, 3.8) is 0 Å². The van der Waals surface area contributed by atoms with E-state index in [9.17, 15) is 14.4 Å². The van der Waals surface area contributed by atoms with Gasteiger partial charge in [-0.1, -0.05) is 30.3 Å². The third kappa shape index (κ3) is 5.65. The summed E-state index contributed by atoms with van der Waals surface area (Å²) in [7, 11) is 0. The summed E-state index contributed by atoms with van der Waals surface area (Å²) in [4.78, 5) is 41.6. The third-order valence-corrected chi connectivity index (χ3v) is 5.67. The number of para-hydroxylation sites is 1. The van der Waals surface area contributed by atoms with E-state index in [2.05, 4.69) is 27.4 Å². The molecule has 1 saturated heterocycles. The lowest BCUT2D eigenvalue weighted by molar-refractivity contribution is -0.131. The van der Waals surface area contributed by atoms with Crippen LogP contribution in [0.15, 0.2) is 71.5 Å². The van der Waals surface area contributed by atoms with Gasteiger partial charge >= 0.3 is 0 Å². The first-order chi connectivity index (χ1) is 16.0. The summed E-state index contributed by atoms with van der Waals surface area (Å²) < 4.78 is 1.18. The van der Waals surface area contributed by atoms with E-state index in [0.717, 1.165) is 24.3 Å². The zero-order chi connectivity index (χ0) is 23.2. The number of benzene rings is 2. The van der Waals surface area contributed by atoms with E-state index in [1.165, 1.54) is 16.8 Å². The van der Waals surface area contributed by atoms with Gasteiger partial charge in [-0.2, -0.15) is 5.10 Å². The lowest BCUT2D eigenvalue weighted by atomic mass is 10.2. The predicted octanol–water partition coefficient (Wildman–Crippen LogP) is 2.54. The van der Waals surface area contributed by atoms with Gasteiger partial charge in [0.25, 0.3) is 11.5 Å². The van der Waals surface area contributed by atoms with Crippen LogP contribution < -0.4 is 15.8 Å². The fourth-order valence-electron chi connectivity index (χ4n) is 3.86. The Balaban J connectivity index is 1.33. The van der Waals surface area contributed by atoms with Crippen LogP contribution >= 0.6 is 0 Å². The maximum absolute atomic E-state index is 12.7. The molecule has 0 bridgehead atoms. The highest BCUT2D eigenvalue weighted by Crippen LogP contribution is 2.16. The third-order valence-electron chi connectivity index (χ3n) is 5.67. The Morgan fingerprint density at radius 2 is 1.70 bits per heavy atom. The Kier molecular flexibility index (Phi) is 6.83. The Morgan fingerprint density at radius 3 is 2.42 bits per heavy atom. The van der Waals surface area contributed by atoms with Crippen molar-refractivity contribution in [3.8, 4) is 0 Å². The Bertz CT molecular complexity index is 1180. The van der Waals surface area contributed by atoms with Gasteiger partial charge in [0.15, 0.2) is 0 Å². The quantitative estimate of drug-likeness (QED) is 0.630. The molecule has 170 valence electrons. The molecule has 3 aromatic rings. The molecule has 0 aliphatic carbocycles. The first-order valence-electron chi connectivity index (χ1n) is 11.0. The molecule has 0 saturated carbocycles. The summed E-state index contributed by atoms with van der Waals surface area (Å²) in [6.45, 7) is 4.86. The van der Waals surface area contributed by atoms with E-state index in [0.29, 0.717) is 18.8 Å². The number of carbonyl (C=O) groups excluding carboxylic acids is 2. The molecular weight excluding hydrogens is 418 g/mol. The minimum Gasteiger partial charge on any atom is -0.368 e. The number of hydrogen-bond acceptors (Lipinski definition) is 5. The number of nitrogens with zero attached hydrogens (tertiary/aromatic N) is 4. The summed E-state index contributed by atoms with van der Waals surface area (Å²) in [5, 5.41) is 6.96. The Labute approximate surface area is 192 Å². The Hall–Kier alpha value is -3.94. The van der Waals surface area contributed by atoms with Crippen molar-refractivity contribution in [2.24, 2.45) is 0 Å². The van der Waals surface area contributed by atoms with E-state index in [1.54, 1.807) is 6.07 Å². The van der Waals surface area contributed by atoms with Gasteiger partial charge in [0, 0.05) is 50.0 Å². The molecule has 8 heteroatoms. The van der Waals surface area contributed by atoms with E-state index < -0.39 is 5.91 Å². The topological polar surface area (TPSA) is 87.5 Å². The smallest absolute Gasteiger partial charge is 0.276 e. The van der Waals surface area contributed by atoms with Gasteiger partial charge in [0.1, 0.15) is 5.69 Å². The van der Waals surface area contributed by atoms with Crippen molar-refractivity contribution in [2.75, 3.05) is 36.4 Å². The number of hydrogen-bond donors (Lipinski definition) is 1. The van der Waals surface area contributed by atoms with Crippen molar-refractivity contribution in [1.82, 2.24) is 14.7 Å². The van der Waals surface area contributed by atoms with Crippen LogP contribution in [0.1, 0.15) is 22.5 Å². The monoisotopic (exact) mass is 445 g/mol. The number of aromatic nitrogens is 2. The van der Waals surface area contributed by atoms with E-state index >= 15 is 0 Å². The first kappa shape index (κ1) is 22.3. The van der Waals surface area contributed by atoms with Crippen molar-refractivity contribution < 1.29 is 9.59 Å². The van der Waals surface area contributed by atoms with Gasteiger partial charge < -0.3 is 15.1 Å². The van der Waals surface area contributed by atoms with Gasteiger partial charge in [-0.15, -0.1) is 0 Å². The Morgan fingerprint density at radius 1 is 0.939 bits per heavy atom. The number of piperazine rings is 1. The molecule has 0 unspecified atom stereocenters. The fourth-order valence-corrected chi connectivity index (χ4v) is 3.86. The number of carbonyl (C=O) groups is 2. The van der Waals surface area contributed by atoms with E-state index in [-0.39, 0.29) is 30.1 Å². The number of anilines is 2. The molecule has 1 aromatic heterocycles. The highest BCUT2D eigenvalue weighted by atomic mass is 16.2. The van der Waals surface area contributed by atoms with Crippen LogP contribution in [0.4, 0.5) is 11.4 Å². The molecule has 1 aliphatic heterocycles. The molecular formula is C25H27N5O3. The lowest BCUT2D eigenvalue weighted by Crippen LogP contribution is -2.49. The van der Waals surface area contributed by atoms with E-state index in [4.69, 9.17) is 0 Å². The second-order valence-corrected chi connectivity index (χ2v) is 8.06. The van der Waals surface area contributed by atoms with Crippen molar-refractivity contribution in [1.29, 1.82) is 0 Å². The zero-order valence-electron chi connectivity index (χ0n) is 18.6. The predicted molar refractivity (Wildman–Crippen MR) is 127 cm³/mol. The average Bonchev–Trinajstić information content (AvgIpc) is 2.84. The van der Waals surface area contributed by atoms with Crippen LogP contribution in [0.2, 0.25) is 0 Å². The molecule has 0 radical (unpaired) electrons. The molecule has 1 aliphatic rings. The number of amides is 2. The van der Waals surface area contributed by atoms with Crippen LogP contribution in [0.3, 0.4) is 0 Å². The normalized spacial score (nSPS) is 13.6. The molecule has 0 atom stereocenters. The van der Waals surface area contributed by atoms with Crippen molar-refractivity contribution >= 4 is 23.2 Å². The van der Waals surface area contributed by atoms with Gasteiger partial charge in [-0.25, -0.2) is 4.68 Å². The molecule has 2 amide bonds. The second kappa shape index (κ2) is 10.1. The van der Waals surface area contributed by atoms with Gasteiger partial charge in [0.2, 0.25) is 5.91 Å². The molecule has 8 nitrogen and oxygen atoms in total. The fraction of sp³-hybridized carbons (Fsp3) is 0.280. The number of aryl methyl sites for hydroxylation is 2. The largest absolute Gasteiger partial charge is 0.368 e. The standard InChI is InChI=1S/C25H27N5O3/c1-19-6-5-7-20(18-19)26-25(33)22-10-11-24(32)30(27-22)13-12-23(31)29-16-14-28(15-17-29)21-8-3-2-4-9-21/h2-11,18H,12-17H2,1H3,(H,26,33). The van der Waals surface area contributed by atoms with Crippen molar-refractivity contribution in [3.05, 3.63) is 88.3 Å². The summed E-state index contributed by atoms with van der Waals surface area (Å²) in [5.74, 6) is -0.427. The molecule has 0 spiro atoms. The highest BCUT2D eigenvalue weighted by Gasteiger charge is 2.21. The summed E-state index contributed by atoms with van der Waals surface area (Å²) >= 11 is 0. The average molecular weight is 446 g/mol. The summed E-state index contributed by atoms with van der Waals surface area (Å²) in [5.41, 5.74) is 2.61. The van der Waals surface area contributed by atoms with Crippen LogP contribution in [0.25, 0.3) is 0 Å². The maximum Gasteiger partial charge on any atom is 0.276 e. The highest BCUT2D eigenvalue weighted by molar-refractivity contribution is 6.02. The summed E-state index contributed by atoms with van der Waals surface area (Å²) in [6, 6.07) is 20.3. The van der Waals surface area contributed by atoms with Crippen LogP contribution in [-0.2, 0) is 11.3 Å². The molecule has 1 fully saturated rings. The van der Waals surface area contributed by atoms with Gasteiger partial charge in [0.05, 0.1) is 6.54 Å². The molecule has 4 rings (SSSR count). The zero-order valence-corrected chi connectivity index (χ0v) is 18.6. The minimum absolute atomic E-state index is 0.0222. The number of rotatable bonds is 6. The van der Waals surface area contributed by atoms with Crippen LogP contribution in [0, 0.1) is 6.92 Å². The summed E-state index contributed by atoms with van der Waals surface area (Å²) in [6.07, 6.45) is 0.154.